The van der Waals surface area contributed by atoms with Crippen LogP contribution < -0.4 is 10.9 Å². The molecule has 30 heavy (non-hydrogen) atoms. The lowest BCUT2D eigenvalue weighted by Gasteiger charge is -2.10. The number of aromatic nitrogens is 4. The monoisotopic (exact) mass is 403 g/mol. The van der Waals surface area contributed by atoms with Gasteiger partial charge in [-0.1, -0.05) is 18.2 Å². The van der Waals surface area contributed by atoms with Crippen molar-refractivity contribution < 1.29 is 9.18 Å². The van der Waals surface area contributed by atoms with Crippen molar-refractivity contribution in [3.05, 3.63) is 82.7 Å². The maximum absolute atomic E-state index is 13.2. The fourth-order valence-electron chi connectivity index (χ4n) is 3.49. The number of fused-ring (bicyclic) bond motifs is 1. The number of nitrogens with one attached hydrogen (secondary N) is 1. The molecule has 7 nitrogen and oxygen atoms in total. The number of hydrogen-bond acceptors (Lipinski definition) is 4. The lowest BCUT2D eigenvalue weighted by atomic mass is 10.2. The minimum Gasteiger partial charge on any atom is -0.324 e. The van der Waals surface area contributed by atoms with Crippen LogP contribution in [0.1, 0.15) is 24.5 Å². The van der Waals surface area contributed by atoms with Crippen molar-refractivity contribution in [3.8, 4) is 5.69 Å². The summed E-state index contributed by atoms with van der Waals surface area (Å²) in [5.41, 5.74) is 2.03. The summed E-state index contributed by atoms with van der Waals surface area (Å²) in [6, 6.07) is 14.8. The highest BCUT2D eigenvalue weighted by molar-refractivity contribution is 5.90. The Balaban J connectivity index is 1.55. The van der Waals surface area contributed by atoms with E-state index in [1.54, 1.807) is 10.9 Å². The fourth-order valence-corrected chi connectivity index (χ4v) is 3.49. The zero-order valence-electron chi connectivity index (χ0n) is 16.0. The molecule has 0 radical (unpaired) electrons. The van der Waals surface area contributed by atoms with Crippen molar-refractivity contribution in [2.75, 3.05) is 5.32 Å². The van der Waals surface area contributed by atoms with Gasteiger partial charge in [0.1, 0.15) is 17.9 Å². The Morgan fingerprint density at radius 2 is 1.83 bits per heavy atom. The highest BCUT2D eigenvalue weighted by Gasteiger charge is 2.30. The van der Waals surface area contributed by atoms with Crippen LogP contribution in [0.3, 0.4) is 0 Å². The van der Waals surface area contributed by atoms with Gasteiger partial charge in [-0.2, -0.15) is 10.2 Å². The van der Waals surface area contributed by atoms with Crippen molar-refractivity contribution >= 4 is 22.5 Å². The number of halogens is 1. The molecule has 2 aromatic heterocycles. The highest BCUT2D eigenvalue weighted by Crippen LogP contribution is 2.41. The van der Waals surface area contributed by atoms with Gasteiger partial charge < -0.3 is 5.32 Å². The van der Waals surface area contributed by atoms with Gasteiger partial charge in [0, 0.05) is 17.0 Å². The van der Waals surface area contributed by atoms with Gasteiger partial charge in [0.25, 0.3) is 5.56 Å². The molecule has 2 heterocycles. The zero-order valence-corrected chi connectivity index (χ0v) is 16.0. The number of carbonyl (C=O) groups is 1. The predicted octanol–water partition coefficient (Wildman–Crippen LogP) is 3.24. The lowest BCUT2D eigenvalue weighted by molar-refractivity contribution is -0.117. The molecule has 0 spiro atoms. The second kappa shape index (κ2) is 7.22. The highest BCUT2D eigenvalue weighted by atomic mass is 19.1. The average Bonchev–Trinajstić information content (AvgIpc) is 3.50. The first kappa shape index (κ1) is 18.2. The van der Waals surface area contributed by atoms with E-state index in [-0.39, 0.29) is 23.8 Å². The summed E-state index contributed by atoms with van der Waals surface area (Å²) in [6.45, 7) is -0.244. The quantitative estimate of drug-likeness (QED) is 0.555. The maximum Gasteiger partial charge on any atom is 0.293 e. The molecule has 0 aliphatic heterocycles. The maximum atomic E-state index is 13.2. The second-order valence-electron chi connectivity index (χ2n) is 7.33. The van der Waals surface area contributed by atoms with E-state index in [9.17, 15) is 14.0 Å². The Labute approximate surface area is 170 Å². The minimum absolute atomic E-state index is 0.244. The average molecular weight is 403 g/mol. The summed E-state index contributed by atoms with van der Waals surface area (Å²) in [5.74, 6) is -0.532. The number of rotatable bonds is 5. The van der Waals surface area contributed by atoms with E-state index < -0.39 is 5.91 Å². The van der Waals surface area contributed by atoms with Crippen LogP contribution in [0.15, 0.2) is 65.6 Å². The van der Waals surface area contributed by atoms with E-state index in [0.29, 0.717) is 11.2 Å². The molecule has 1 aliphatic carbocycles. The fraction of sp³-hybridized carbons (Fsp3) is 0.182. The molecular weight excluding hydrogens is 385 g/mol. The van der Waals surface area contributed by atoms with Gasteiger partial charge >= 0.3 is 0 Å². The minimum atomic E-state index is -0.414. The van der Waals surface area contributed by atoms with Crippen molar-refractivity contribution in [1.82, 2.24) is 19.6 Å². The summed E-state index contributed by atoms with van der Waals surface area (Å²) >= 11 is 0. The van der Waals surface area contributed by atoms with Crippen LogP contribution in [0.25, 0.3) is 16.6 Å². The number of benzene rings is 2. The molecule has 0 saturated heterocycles. The van der Waals surface area contributed by atoms with E-state index in [1.165, 1.54) is 28.9 Å². The first-order chi connectivity index (χ1) is 14.6. The van der Waals surface area contributed by atoms with E-state index in [1.807, 2.05) is 30.3 Å². The first-order valence-electron chi connectivity index (χ1n) is 9.70. The van der Waals surface area contributed by atoms with Gasteiger partial charge in [-0.3, -0.25) is 9.59 Å². The Morgan fingerprint density at radius 1 is 1.10 bits per heavy atom. The number of carbonyl (C=O) groups excluding carboxylic acids is 1. The van der Waals surface area contributed by atoms with Gasteiger partial charge in [0.05, 0.1) is 17.6 Å². The van der Waals surface area contributed by atoms with Gasteiger partial charge in [-0.25, -0.2) is 13.8 Å². The topological polar surface area (TPSA) is 81.8 Å². The van der Waals surface area contributed by atoms with Crippen molar-refractivity contribution in [2.24, 2.45) is 0 Å². The normalized spacial score (nSPS) is 13.5. The van der Waals surface area contributed by atoms with Crippen LogP contribution in [0.2, 0.25) is 0 Å². The van der Waals surface area contributed by atoms with Crippen LogP contribution in [0.4, 0.5) is 10.1 Å². The SMILES string of the molecule is O=C(Cn1nc(C2CC2)c2cnn(-c3ccccc3)c2c1=O)Nc1ccc(F)cc1. The van der Waals surface area contributed by atoms with Crippen molar-refractivity contribution in [1.29, 1.82) is 0 Å². The summed E-state index contributed by atoms with van der Waals surface area (Å²) in [5, 5.41) is 12.3. The Hall–Kier alpha value is -3.81. The van der Waals surface area contributed by atoms with E-state index in [0.717, 1.165) is 29.6 Å². The van der Waals surface area contributed by atoms with Crippen LogP contribution >= 0.6 is 0 Å². The van der Waals surface area contributed by atoms with E-state index in [2.05, 4.69) is 15.5 Å². The lowest BCUT2D eigenvalue weighted by Crippen LogP contribution is -2.31. The Bertz CT molecular complexity index is 1290. The first-order valence-corrected chi connectivity index (χ1v) is 9.70. The summed E-state index contributed by atoms with van der Waals surface area (Å²) in [4.78, 5) is 25.7. The van der Waals surface area contributed by atoms with E-state index in [4.69, 9.17) is 0 Å². The largest absolute Gasteiger partial charge is 0.324 e. The molecule has 1 amide bonds. The van der Waals surface area contributed by atoms with E-state index >= 15 is 0 Å². The number of para-hydroxylation sites is 1. The molecule has 1 fully saturated rings. The predicted molar refractivity (Wildman–Crippen MR) is 110 cm³/mol. The van der Waals surface area contributed by atoms with Crippen molar-refractivity contribution in [3.63, 3.8) is 0 Å². The van der Waals surface area contributed by atoms with Gasteiger partial charge in [0.15, 0.2) is 0 Å². The van der Waals surface area contributed by atoms with Gasteiger partial charge in [-0.15, -0.1) is 0 Å². The number of anilines is 1. The summed E-state index contributed by atoms with van der Waals surface area (Å²) in [7, 11) is 0. The smallest absolute Gasteiger partial charge is 0.293 e. The second-order valence-corrected chi connectivity index (χ2v) is 7.33. The molecular formula is C22H18FN5O2. The molecule has 1 aliphatic rings. The molecule has 1 N–H and O–H groups in total. The third-order valence-electron chi connectivity index (χ3n) is 5.10. The number of amides is 1. The van der Waals surface area contributed by atoms with Gasteiger partial charge in [0.2, 0.25) is 5.91 Å². The van der Waals surface area contributed by atoms with Crippen LogP contribution in [-0.2, 0) is 11.3 Å². The molecule has 0 bridgehead atoms. The number of nitrogens with zero attached hydrogens (tertiary/aromatic N) is 4. The van der Waals surface area contributed by atoms with Crippen molar-refractivity contribution in [2.45, 2.75) is 25.3 Å². The number of hydrogen-bond donors (Lipinski definition) is 1. The molecule has 5 rings (SSSR count). The Morgan fingerprint density at radius 3 is 2.53 bits per heavy atom. The summed E-state index contributed by atoms with van der Waals surface area (Å²) < 4.78 is 15.9. The third-order valence-corrected chi connectivity index (χ3v) is 5.10. The third kappa shape index (κ3) is 3.36. The molecule has 4 aromatic rings. The van der Waals surface area contributed by atoms with Gasteiger partial charge in [-0.05, 0) is 49.2 Å². The van der Waals surface area contributed by atoms with Crippen LogP contribution in [-0.4, -0.2) is 25.5 Å². The molecule has 0 unspecified atom stereocenters. The standard InChI is InChI=1S/C22H18FN5O2/c23-15-8-10-16(11-9-15)25-19(29)13-27-22(30)21-18(20(26-27)14-6-7-14)12-24-28(21)17-4-2-1-3-5-17/h1-5,8-12,14H,6-7,13H2,(H,25,29). The Kier molecular flexibility index (Phi) is 4.39. The molecule has 150 valence electrons. The molecule has 2 aromatic carbocycles. The van der Waals surface area contributed by atoms with Crippen LogP contribution in [0, 0.1) is 5.82 Å². The zero-order chi connectivity index (χ0) is 20.7. The molecule has 0 atom stereocenters. The molecule has 8 heteroatoms. The van der Waals surface area contributed by atoms with Crippen LogP contribution in [0.5, 0.6) is 0 Å². The summed E-state index contributed by atoms with van der Waals surface area (Å²) in [6.07, 6.45) is 3.67. The molecule has 1 saturated carbocycles.